The standard InChI is InChI=1S/C14H21NO2/c1-4-11(2)14(16)15-9-12-7-5-6-8-13(12)10-17-3/h5-8,11H,4,9-10H2,1-3H3,(H,15,16). The molecular weight excluding hydrogens is 214 g/mol. The van der Waals surface area contributed by atoms with E-state index in [0.717, 1.165) is 17.5 Å². The summed E-state index contributed by atoms with van der Waals surface area (Å²) in [6.07, 6.45) is 0.867. The van der Waals surface area contributed by atoms with Crippen molar-refractivity contribution in [2.24, 2.45) is 5.92 Å². The molecule has 94 valence electrons. The number of ether oxygens (including phenoxy) is 1. The van der Waals surface area contributed by atoms with Crippen molar-refractivity contribution in [3.05, 3.63) is 35.4 Å². The Labute approximate surface area is 103 Å². The van der Waals surface area contributed by atoms with Gasteiger partial charge in [0.05, 0.1) is 6.61 Å². The van der Waals surface area contributed by atoms with Crippen molar-refractivity contribution in [1.82, 2.24) is 5.32 Å². The first kappa shape index (κ1) is 13.7. The highest BCUT2D eigenvalue weighted by Crippen LogP contribution is 2.10. The first-order valence-electron chi connectivity index (χ1n) is 6.02. The number of benzene rings is 1. The van der Waals surface area contributed by atoms with Crippen molar-refractivity contribution in [3.8, 4) is 0 Å². The first-order chi connectivity index (χ1) is 8.19. The van der Waals surface area contributed by atoms with Crippen LogP contribution in [0, 0.1) is 5.92 Å². The molecule has 1 atom stereocenters. The zero-order valence-corrected chi connectivity index (χ0v) is 10.8. The Morgan fingerprint density at radius 3 is 2.59 bits per heavy atom. The highest BCUT2D eigenvalue weighted by Gasteiger charge is 2.10. The number of hydrogen-bond acceptors (Lipinski definition) is 2. The van der Waals surface area contributed by atoms with Crippen LogP contribution in [0.2, 0.25) is 0 Å². The number of rotatable bonds is 6. The van der Waals surface area contributed by atoms with E-state index in [-0.39, 0.29) is 11.8 Å². The van der Waals surface area contributed by atoms with Gasteiger partial charge in [0.1, 0.15) is 0 Å². The van der Waals surface area contributed by atoms with Crippen molar-refractivity contribution in [1.29, 1.82) is 0 Å². The number of amides is 1. The zero-order valence-electron chi connectivity index (χ0n) is 10.8. The van der Waals surface area contributed by atoms with Gasteiger partial charge in [-0.1, -0.05) is 38.1 Å². The summed E-state index contributed by atoms with van der Waals surface area (Å²) in [6.45, 7) is 5.11. The average Bonchev–Trinajstić information content (AvgIpc) is 2.36. The molecule has 17 heavy (non-hydrogen) atoms. The Morgan fingerprint density at radius 1 is 1.35 bits per heavy atom. The minimum absolute atomic E-state index is 0.0737. The van der Waals surface area contributed by atoms with Crippen LogP contribution < -0.4 is 5.32 Å². The van der Waals surface area contributed by atoms with Gasteiger partial charge in [-0.05, 0) is 17.5 Å². The van der Waals surface area contributed by atoms with Crippen LogP contribution in [-0.4, -0.2) is 13.0 Å². The molecule has 1 N–H and O–H groups in total. The predicted molar refractivity (Wildman–Crippen MR) is 68.5 cm³/mol. The van der Waals surface area contributed by atoms with Gasteiger partial charge < -0.3 is 10.1 Å². The fourth-order valence-electron chi connectivity index (χ4n) is 1.57. The molecule has 0 heterocycles. The third kappa shape index (κ3) is 4.19. The van der Waals surface area contributed by atoms with Crippen LogP contribution in [0.4, 0.5) is 0 Å². The monoisotopic (exact) mass is 235 g/mol. The van der Waals surface area contributed by atoms with Crippen LogP contribution in [0.15, 0.2) is 24.3 Å². The van der Waals surface area contributed by atoms with Crippen molar-refractivity contribution in [2.45, 2.75) is 33.4 Å². The van der Waals surface area contributed by atoms with E-state index in [4.69, 9.17) is 4.74 Å². The van der Waals surface area contributed by atoms with Crippen molar-refractivity contribution < 1.29 is 9.53 Å². The van der Waals surface area contributed by atoms with Crippen LogP contribution in [0.3, 0.4) is 0 Å². The van der Waals surface area contributed by atoms with Crippen LogP contribution in [0.25, 0.3) is 0 Å². The van der Waals surface area contributed by atoms with E-state index >= 15 is 0 Å². The molecule has 0 aliphatic heterocycles. The lowest BCUT2D eigenvalue weighted by Crippen LogP contribution is -2.28. The van der Waals surface area contributed by atoms with Gasteiger partial charge in [-0.25, -0.2) is 0 Å². The lowest BCUT2D eigenvalue weighted by atomic mass is 10.1. The third-order valence-electron chi connectivity index (χ3n) is 2.93. The second-order valence-electron chi connectivity index (χ2n) is 4.23. The van der Waals surface area contributed by atoms with E-state index in [0.29, 0.717) is 13.2 Å². The predicted octanol–water partition coefficient (Wildman–Crippen LogP) is 2.50. The van der Waals surface area contributed by atoms with Crippen molar-refractivity contribution in [3.63, 3.8) is 0 Å². The Kier molecular flexibility index (Phi) is 5.70. The normalized spacial score (nSPS) is 12.2. The van der Waals surface area contributed by atoms with Crippen LogP contribution in [0.1, 0.15) is 31.4 Å². The minimum Gasteiger partial charge on any atom is -0.380 e. The summed E-state index contributed by atoms with van der Waals surface area (Å²) < 4.78 is 5.13. The molecule has 0 saturated heterocycles. The Morgan fingerprint density at radius 2 is 2.00 bits per heavy atom. The summed E-state index contributed by atoms with van der Waals surface area (Å²) in [6, 6.07) is 8.00. The second kappa shape index (κ2) is 7.07. The quantitative estimate of drug-likeness (QED) is 0.822. The molecule has 0 aromatic heterocycles. The van der Waals surface area contributed by atoms with Gasteiger partial charge in [-0.2, -0.15) is 0 Å². The van der Waals surface area contributed by atoms with E-state index in [1.165, 1.54) is 0 Å². The lowest BCUT2D eigenvalue weighted by Gasteiger charge is -2.12. The fourth-order valence-corrected chi connectivity index (χ4v) is 1.57. The first-order valence-corrected chi connectivity index (χ1v) is 6.02. The number of nitrogens with one attached hydrogen (secondary N) is 1. The number of carbonyl (C=O) groups is 1. The highest BCUT2D eigenvalue weighted by atomic mass is 16.5. The molecular formula is C14H21NO2. The summed E-state index contributed by atoms with van der Waals surface area (Å²) >= 11 is 0. The highest BCUT2D eigenvalue weighted by molar-refractivity contribution is 5.78. The summed E-state index contributed by atoms with van der Waals surface area (Å²) in [5.41, 5.74) is 2.24. The SMILES string of the molecule is CCC(C)C(=O)NCc1ccccc1COC. The van der Waals surface area contributed by atoms with Crippen LogP contribution in [-0.2, 0) is 22.7 Å². The van der Waals surface area contributed by atoms with Gasteiger partial charge in [0.15, 0.2) is 0 Å². The third-order valence-corrected chi connectivity index (χ3v) is 2.93. The molecule has 0 aliphatic carbocycles. The second-order valence-corrected chi connectivity index (χ2v) is 4.23. The van der Waals surface area contributed by atoms with Crippen LogP contribution >= 0.6 is 0 Å². The summed E-state index contributed by atoms with van der Waals surface area (Å²) in [4.78, 5) is 11.7. The Hall–Kier alpha value is -1.35. The van der Waals surface area contributed by atoms with E-state index in [2.05, 4.69) is 5.32 Å². The smallest absolute Gasteiger partial charge is 0.223 e. The average molecular weight is 235 g/mol. The maximum Gasteiger partial charge on any atom is 0.223 e. The van der Waals surface area contributed by atoms with E-state index in [1.807, 2.05) is 38.1 Å². The summed E-state index contributed by atoms with van der Waals surface area (Å²) in [7, 11) is 1.68. The molecule has 0 aliphatic rings. The van der Waals surface area contributed by atoms with Gasteiger partial charge in [0.2, 0.25) is 5.91 Å². The molecule has 0 fully saturated rings. The molecule has 3 nitrogen and oxygen atoms in total. The van der Waals surface area contributed by atoms with Gasteiger partial charge in [0, 0.05) is 19.6 Å². The molecule has 0 spiro atoms. The number of methoxy groups -OCH3 is 1. The van der Waals surface area contributed by atoms with E-state index in [1.54, 1.807) is 7.11 Å². The fraction of sp³-hybridized carbons (Fsp3) is 0.500. The molecule has 1 rings (SSSR count). The van der Waals surface area contributed by atoms with Crippen LogP contribution in [0.5, 0.6) is 0 Å². The van der Waals surface area contributed by atoms with E-state index in [9.17, 15) is 4.79 Å². The largest absolute Gasteiger partial charge is 0.380 e. The molecule has 1 aromatic rings. The number of carbonyl (C=O) groups excluding carboxylic acids is 1. The molecule has 1 amide bonds. The van der Waals surface area contributed by atoms with Crippen molar-refractivity contribution in [2.75, 3.05) is 7.11 Å². The van der Waals surface area contributed by atoms with Crippen molar-refractivity contribution >= 4 is 5.91 Å². The zero-order chi connectivity index (χ0) is 12.7. The van der Waals surface area contributed by atoms with Gasteiger partial charge in [0.25, 0.3) is 0 Å². The maximum atomic E-state index is 11.7. The summed E-state index contributed by atoms with van der Waals surface area (Å²) in [5.74, 6) is 0.185. The molecule has 1 aromatic carbocycles. The molecule has 1 unspecified atom stereocenters. The summed E-state index contributed by atoms with van der Waals surface area (Å²) in [5, 5.41) is 2.95. The van der Waals surface area contributed by atoms with Gasteiger partial charge >= 0.3 is 0 Å². The lowest BCUT2D eigenvalue weighted by molar-refractivity contribution is -0.124. The van der Waals surface area contributed by atoms with Gasteiger partial charge in [-0.3, -0.25) is 4.79 Å². The Bertz CT molecular complexity index is 363. The topological polar surface area (TPSA) is 38.3 Å². The van der Waals surface area contributed by atoms with Gasteiger partial charge in [-0.15, -0.1) is 0 Å². The molecule has 0 bridgehead atoms. The molecule has 0 radical (unpaired) electrons. The minimum atomic E-state index is 0.0737. The number of hydrogen-bond donors (Lipinski definition) is 1. The molecule has 0 saturated carbocycles. The maximum absolute atomic E-state index is 11.7. The molecule has 3 heteroatoms. The van der Waals surface area contributed by atoms with E-state index < -0.39 is 0 Å². The Balaban J connectivity index is 2.59.